The van der Waals surface area contributed by atoms with E-state index in [9.17, 15) is 4.55 Å². The molecule has 3 nitrogen and oxygen atoms in total. The number of hydrogen-bond acceptors (Lipinski definition) is 3. The Kier molecular flexibility index (Phi) is 3.62. The molecule has 0 aromatic heterocycles. The third kappa shape index (κ3) is 2.38. The summed E-state index contributed by atoms with van der Waals surface area (Å²) in [7, 11) is 0. The molecule has 0 bridgehead atoms. The molecule has 1 saturated heterocycles. The summed E-state index contributed by atoms with van der Waals surface area (Å²) in [5.41, 5.74) is 3.75. The van der Waals surface area contributed by atoms with E-state index in [0.29, 0.717) is 10.8 Å². The number of nitrogens with one attached hydrogen (secondary N) is 2. The van der Waals surface area contributed by atoms with Gasteiger partial charge < -0.3 is 9.87 Å². The Labute approximate surface area is 142 Å². The fourth-order valence-corrected chi connectivity index (χ4v) is 5.80. The monoisotopic (exact) mass is 332 g/mol. The summed E-state index contributed by atoms with van der Waals surface area (Å²) < 4.78 is 15.8. The van der Waals surface area contributed by atoms with E-state index in [2.05, 4.69) is 34.3 Å². The maximum Gasteiger partial charge on any atom is 0.136 e. The van der Waals surface area contributed by atoms with Crippen molar-refractivity contribution in [3.8, 4) is 0 Å². The minimum absolute atomic E-state index is 0.222. The molecule has 4 rings (SSSR count). The topological polar surface area (TPSA) is 47.1 Å². The van der Waals surface area contributed by atoms with Gasteiger partial charge in [0.25, 0.3) is 0 Å². The lowest BCUT2D eigenvalue weighted by atomic mass is 9.81. The van der Waals surface area contributed by atoms with Gasteiger partial charge in [-0.05, 0) is 76.1 Å². The van der Waals surface area contributed by atoms with E-state index in [-0.39, 0.29) is 10.8 Å². The normalized spacial score (nSPS) is 33.0. The van der Waals surface area contributed by atoms with Crippen molar-refractivity contribution < 1.29 is 4.55 Å². The van der Waals surface area contributed by atoms with Crippen molar-refractivity contribution in [1.29, 1.82) is 0 Å². The summed E-state index contributed by atoms with van der Waals surface area (Å²) in [5.74, 6) is 0. The molecular weight excluding hydrogens is 304 g/mol. The zero-order chi connectivity index (χ0) is 16.3. The van der Waals surface area contributed by atoms with E-state index in [4.69, 9.17) is 0 Å². The van der Waals surface area contributed by atoms with Crippen molar-refractivity contribution in [2.45, 2.75) is 62.7 Å². The molecule has 0 radical (unpaired) electrons. The highest BCUT2D eigenvalue weighted by Gasteiger charge is 2.70. The summed E-state index contributed by atoms with van der Waals surface area (Å²) in [6.45, 7) is 8.42. The maximum absolute atomic E-state index is 12.6. The number of benzene rings is 1. The van der Waals surface area contributed by atoms with Crippen molar-refractivity contribution >= 4 is 11.4 Å². The first-order valence-corrected chi connectivity index (χ1v) is 10.0. The van der Waals surface area contributed by atoms with Crippen LogP contribution >= 0.6 is 0 Å². The van der Waals surface area contributed by atoms with Crippen molar-refractivity contribution in [1.82, 2.24) is 10.0 Å². The van der Waals surface area contributed by atoms with E-state index >= 15 is 0 Å². The van der Waals surface area contributed by atoms with E-state index < -0.39 is 11.4 Å². The zero-order valence-corrected chi connectivity index (χ0v) is 15.3. The number of piperidine rings is 1. The smallest absolute Gasteiger partial charge is 0.136 e. The van der Waals surface area contributed by atoms with Gasteiger partial charge in [-0.25, -0.2) is 0 Å². The van der Waals surface area contributed by atoms with E-state index in [0.717, 1.165) is 19.5 Å². The fraction of sp³-hybridized carbons (Fsp3) is 0.684. The first-order chi connectivity index (χ1) is 10.9. The summed E-state index contributed by atoms with van der Waals surface area (Å²) >= 11 is -1.02. The van der Waals surface area contributed by atoms with Gasteiger partial charge in [-0.1, -0.05) is 24.3 Å². The molecular formula is C19H28N2OS. The number of fused-ring (bicyclic) bond motifs is 3. The quantitative estimate of drug-likeness (QED) is 0.818. The molecule has 0 amide bonds. The van der Waals surface area contributed by atoms with Crippen molar-refractivity contribution in [3.05, 3.63) is 35.4 Å². The largest absolute Gasteiger partial charge is 0.598 e. The molecule has 1 aliphatic heterocycles. The van der Waals surface area contributed by atoms with Crippen LogP contribution in [0.25, 0.3) is 0 Å². The molecule has 1 unspecified atom stereocenters. The maximum atomic E-state index is 12.6. The summed E-state index contributed by atoms with van der Waals surface area (Å²) in [6.07, 6.45) is 5.01. The Morgan fingerprint density at radius 3 is 2.61 bits per heavy atom. The van der Waals surface area contributed by atoms with Gasteiger partial charge in [0.15, 0.2) is 0 Å². The molecule has 3 aliphatic rings. The Morgan fingerprint density at radius 1 is 1.22 bits per heavy atom. The molecule has 4 heteroatoms. The van der Waals surface area contributed by atoms with Crippen LogP contribution in [0.15, 0.2) is 24.3 Å². The lowest BCUT2D eigenvalue weighted by Crippen LogP contribution is -2.41. The minimum Gasteiger partial charge on any atom is -0.598 e. The van der Waals surface area contributed by atoms with E-state index in [1.165, 1.54) is 30.4 Å². The SMILES string of the molecule is CC(C)(C)[S@@+]([O-])NC1C[C@]2(CC23CCNCC3)c2ccccc21. The molecule has 126 valence electrons. The summed E-state index contributed by atoms with van der Waals surface area (Å²) in [5, 5.41) is 3.51. The highest BCUT2D eigenvalue weighted by molar-refractivity contribution is 7.90. The highest BCUT2D eigenvalue weighted by atomic mass is 32.2. The van der Waals surface area contributed by atoms with Gasteiger partial charge in [-0.2, -0.15) is 0 Å². The van der Waals surface area contributed by atoms with Gasteiger partial charge in [-0.3, -0.25) is 0 Å². The molecule has 2 spiro atoms. The molecule has 2 aliphatic carbocycles. The number of hydrogen-bond donors (Lipinski definition) is 2. The van der Waals surface area contributed by atoms with E-state index in [1.807, 2.05) is 20.8 Å². The number of rotatable bonds is 2. The second kappa shape index (κ2) is 5.22. The van der Waals surface area contributed by atoms with Crippen molar-refractivity contribution in [2.24, 2.45) is 5.41 Å². The average molecular weight is 333 g/mol. The lowest BCUT2D eigenvalue weighted by molar-refractivity contribution is 0.296. The second-order valence-electron chi connectivity index (χ2n) is 8.63. The molecule has 3 atom stereocenters. The Morgan fingerprint density at radius 2 is 1.91 bits per heavy atom. The van der Waals surface area contributed by atoms with Crippen LogP contribution in [0.5, 0.6) is 0 Å². The Balaban J connectivity index is 1.63. The van der Waals surface area contributed by atoms with Gasteiger partial charge in [0.1, 0.15) is 4.75 Å². The molecule has 23 heavy (non-hydrogen) atoms. The van der Waals surface area contributed by atoms with Gasteiger partial charge in [-0.15, -0.1) is 4.72 Å². The van der Waals surface area contributed by atoms with Crippen LogP contribution < -0.4 is 10.0 Å². The third-order valence-electron chi connectivity index (χ3n) is 6.30. The molecule has 2 N–H and O–H groups in total. The molecule has 1 heterocycles. The minimum atomic E-state index is -1.02. The third-order valence-corrected chi connectivity index (χ3v) is 7.91. The zero-order valence-electron chi connectivity index (χ0n) is 14.4. The first kappa shape index (κ1) is 15.9. The summed E-state index contributed by atoms with van der Waals surface area (Å²) in [4.78, 5) is 0. The van der Waals surface area contributed by atoms with Crippen LogP contribution in [0.2, 0.25) is 0 Å². The van der Waals surface area contributed by atoms with Crippen LogP contribution in [0, 0.1) is 5.41 Å². The molecule has 1 aromatic rings. The average Bonchev–Trinajstić information content (AvgIpc) is 2.99. The van der Waals surface area contributed by atoms with Crippen LogP contribution in [0.4, 0.5) is 0 Å². The first-order valence-electron chi connectivity index (χ1n) is 8.86. The summed E-state index contributed by atoms with van der Waals surface area (Å²) in [6, 6.07) is 9.11. The predicted molar refractivity (Wildman–Crippen MR) is 95.7 cm³/mol. The van der Waals surface area contributed by atoms with Gasteiger partial charge in [0.2, 0.25) is 0 Å². The van der Waals surface area contributed by atoms with Gasteiger partial charge in [0.05, 0.1) is 6.04 Å². The Hall–Kier alpha value is -0.550. The highest BCUT2D eigenvalue weighted by Crippen LogP contribution is 2.75. The molecule has 1 aromatic carbocycles. The van der Waals surface area contributed by atoms with Crippen LogP contribution in [-0.2, 0) is 16.8 Å². The van der Waals surface area contributed by atoms with Crippen molar-refractivity contribution in [3.63, 3.8) is 0 Å². The standard InChI is InChI=1S/C19H28N2OS/c1-17(2,3)23(22)21-16-12-19(15-7-5-4-6-14(15)16)13-18(19)8-10-20-11-9-18/h4-7,16,20-21H,8-13H2,1-3H3/t16?,19-,23+/m0/s1. The van der Waals surface area contributed by atoms with Crippen molar-refractivity contribution in [2.75, 3.05) is 13.1 Å². The van der Waals surface area contributed by atoms with Crippen LogP contribution in [0.3, 0.4) is 0 Å². The van der Waals surface area contributed by atoms with Gasteiger partial charge >= 0.3 is 0 Å². The Bertz CT molecular complexity index is 606. The van der Waals surface area contributed by atoms with Crippen LogP contribution in [-0.4, -0.2) is 22.4 Å². The predicted octanol–water partition coefficient (Wildman–Crippen LogP) is 3.19. The second-order valence-corrected chi connectivity index (χ2v) is 10.6. The molecule has 2 fully saturated rings. The fourth-order valence-electron chi connectivity index (χ4n) is 4.98. The molecule has 1 saturated carbocycles. The lowest BCUT2D eigenvalue weighted by Gasteiger charge is -2.29. The van der Waals surface area contributed by atoms with E-state index in [1.54, 1.807) is 0 Å². The van der Waals surface area contributed by atoms with Gasteiger partial charge in [0, 0.05) is 16.8 Å². The van der Waals surface area contributed by atoms with Crippen LogP contribution in [0.1, 0.15) is 63.6 Å².